The largest absolute Gasteiger partial charge is 0.493 e. The van der Waals surface area contributed by atoms with Crippen LogP contribution in [0.25, 0.3) is 0 Å². The van der Waals surface area contributed by atoms with Gasteiger partial charge < -0.3 is 4.74 Å². The highest BCUT2D eigenvalue weighted by molar-refractivity contribution is 6.34. The van der Waals surface area contributed by atoms with Gasteiger partial charge in [0.25, 0.3) is 0 Å². The summed E-state index contributed by atoms with van der Waals surface area (Å²) in [7, 11) is 0. The Morgan fingerprint density at radius 1 is 1.46 bits per heavy atom. The molecule has 1 aliphatic rings. The molecule has 2 rings (SSSR count). The molecule has 0 N–H and O–H groups in total. The van der Waals surface area contributed by atoms with Crippen LogP contribution in [-0.4, -0.2) is 12.9 Å². The minimum absolute atomic E-state index is 0.547. The molecule has 0 atom stereocenters. The van der Waals surface area contributed by atoms with Crippen LogP contribution in [0.15, 0.2) is 12.1 Å². The summed E-state index contributed by atoms with van der Waals surface area (Å²) in [4.78, 5) is 10.6. The number of hydrogen-bond acceptors (Lipinski definition) is 2. The van der Waals surface area contributed by atoms with E-state index in [1.165, 1.54) is 0 Å². The summed E-state index contributed by atoms with van der Waals surface area (Å²) in [6, 6.07) is 3.50. The SMILES string of the molecule is O=Cc1ccc2c(c1Cl)CCCO2. The molecule has 0 spiro atoms. The van der Waals surface area contributed by atoms with Gasteiger partial charge in [0.05, 0.1) is 11.6 Å². The average molecular weight is 197 g/mol. The number of halogens is 1. The lowest BCUT2D eigenvalue weighted by atomic mass is 10.0. The monoisotopic (exact) mass is 196 g/mol. The Morgan fingerprint density at radius 3 is 3.08 bits per heavy atom. The molecule has 0 unspecified atom stereocenters. The molecule has 0 bridgehead atoms. The normalized spacial score (nSPS) is 14.5. The third kappa shape index (κ3) is 1.42. The Bertz CT molecular complexity index is 347. The fourth-order valence-corrected chi connectivity index (χ4v) is 1.81. The second kappa shape index (κ2) is 3.38. The first-order valence-corrected chi connectivity index (χ1v) is 4.60. The fourth-order valence-electron chi connectivity index (χ4n) is 1.51. The second-order valence-electron chi connectivity index (χ2n) is 3.02. The lowest BCUT2D eigenvalue weighted by molar-refractivity contribution is 0.112. The van der Waals surface area contributed by atoms with Crippen molar-refractivity contribution in [2.45, 2.75) is 12.8 Å². The van der Waals surface area contributed by atoms with E-state index in [1.807, 2.05) is 6.07 Å². The Balaban J connectivity index is 2.54. The van der Waals surface area contributed by atoms with Gasteiger partial charge in [0.15, 0.2) is 6.29 Å². The van der Waals surface area contributed by atoms with Crippen LogP contribution in [0, 0.1) is 0 Å². The van der Waals surface area contributed by atoms with Gasteiger partial charge in [-0.15, -0.1) is 0 Å². The van der Waals surface area contributed by atoms with E-state index in [0.29, 0.717) is 10.6 Å². The summed E-state index contributed by atoms with van der Waals surface area (Å²) in [6.07, 6.45) is 2.64. The Morgan fingerprint density at radius 2 is 2.31 bits per heavy atom. The van der Waals surface area contributed by atoms with E-state index >= 15 is 0 Å². The van der Waals surface area contributed by atoms with E-state index in [2.05, 4.69) is 0 Å². The summed E-state index contributed by atoms with van der Waals surface area (Å²) in [5.74, 6) is 0.821. The third-order valence-corrected chi connectivity index (χ3v) is 2.63. The maximum absolute atomic E-state index is 10.6. The van der Waals surface area contributed by atoms with Crippen LogP contribution < -0.4 is 4.74 Å². The first-order valence-electron chi connectivity index (χ1n) is 4.22. The van der Waals surface area contributed by atoms with Crippen LogP contribution in [-0.2, 0) is 6.42 Å². The summed E-state index contributed by atoms with van der Waals surface area (Å²) >= 11 is 6.02. The van der Waals surface area contributed by atoms with Crippen LogP contribution in [0.5, 0.6) is 5.75 Å². The molecule has 13 heavy (non-hydrogen) atoms. The molecule has 0 radical (unpaired) electrons. The molecule has 1 aromatic rings. The Hall–Kier alpha value is -1.02. The summed E-state index contributed by atoms with van der Waals surface area (Å²) in [5.41, 5.74) is 1.52. The molecule has 0 aliphatic carbocycles. The molecule has 1 aliphatic heterocycles. The number of aldehydes is 1. The van der Waals surface area contributed by atoms with E-state index in [0.717, 1.165) is 37.0 Å². The smallest absolute Gasteiger partial charge is 0.151 e. The quantitative estimate of drug-likeness (QED) is 0.645. The lowest BCUT2D eigenvalue weighted by Gasteiger charge is -2.18. The highest BCUT2D eigenvalue weighted by Crippen LogP contribution is 2.32. The molecule has 1 aromatic carbocycles. The van der Waals surface area contributed by atoms with Crippen molar-refractivity contribution in [2.75, 3.05) is 6.61 Å². The summed E-state index contributed by atoms with van der Waals surface area (Å²) in [5, 5.41) is 0.548. The first kappa shape index (κ1) is 8.57. The van der Waals surface area contributed by atoms with Gasteiger partial charge in [0.1, 0.15) is 5.75 Å². The van der Waals surface area contributed by atoms with Gasteiger partial charge >= 0.3 is 0 Å². The van der Waals surface area contributed by atoms with Gasteiger partial charge in [-0.2, -0.15) is 0 Å². The van der Waals surface area contributed by atoms with Gasteiger partial charge in [-0.05, 0) is 25.0 Å². The van der Waals surface area contributed by atoms with Crippen LogP contribution in [0.2, 0.25) is 5.02 Å². The zero-order valence-corrected chi connectivity index (χ0v) is 7.80. The van der Waals surface area contributed by atoms with Crippen molar-refractivity contribution in [3.8, 4) is 5.75 Å². The third-order valence-electron chi connectivity index (χ3n) is 2.19. The summed E-state index contributed by atoms with van der Waals surface area (Å²) in [6.45, 7) is 0.740. The van der Waals surface area contributed by atoms with Crippen molar-refractivity contribution in [3.63, 3.8) is 0 Å². The van der Waals surface area contributed by atoms with Crippen LogP contribution in [0.1, 0.15) is 22.3 Å². The van der Waals surface area contributed by atoms with Crippen molar-refractivity contribution in [3.05, 3.63) is 28.3 Å². The van der Waals surface area contributed by atoms with Crippen LogP contribution in [0.4, 0.5) is 0 Å². The van der Waals surface area contributed by atoms with Crippen LogP contribution in [0.3, 0.4) is 0 Å². The molecule has 2 nitrogen and oxygen atoms in total. The highest BCUT2D eigenvalue weighted by Gasteiger charge is 2.15. The van der Waals surface area contributed by atoms with Gasteiger partial charge in [-0.1, -0.05) is 11.6 Å². The van der Waals surface area contributed by atoms with Gasteiger partial charge in [0, 0.05) is 11.1 Å². The zero-order valence-electron chi connectivity index (χ0n) is 7.05. The lowest BCUT2D eigenvalue weighted by Crippen LogP contribution is -2.09. The molecule has 3 heteroatoms. The molecule has 0 aromatic heterocycles. The molecule has 0 fully saturated rings. The molecule has 1 heterocycles. The second-order valence-corrected chi connectivity index (χ2v) is 3.39. The zero-order chi connectivity index (χ0) is 9.26. The van der Waals surface area contributed by atoms with E-state index in [9.17, 15) is 4.79 Å². The molecular formula is C10H9ClO2. The topological polar surface area (TPSA) is 26.3 Å². The van der Waals surface area contributed by atoms with Gasteiger partial charge in [-0.3, -0.25) is 4.79 Å². The van der Waals surface area contributed by atoms with E-state index in [-0.39, 0.29) is 0 Å². The minimum atomic E-state index is 0.547. The fraction of sp³-hybridized carbons (Fsp3) is 0.300. The molecule has 0 saturated heterocycles. The number of fused-ring (bicyclic) bond motifs is 1. The molecule has 68 valence electrons. The average Bonchev–Trinajstić information content (AvgIpc) is 2.19. The summed E-state index contributed by atoms with van der Waals surface area (Å²) < 4.78 is 5.40. The highest BCUT2D eigenvalue weighted by atomic mass is 35.5. The van der Waals surface area contributed by atoms with Crippen molar-refractivity contribution in [1.82, 2.24) is 0 Å². The van der Waals surface area contributed by atoms with E-state index < -0.39 is 0 Å². The number of carbonyl (C=O) groups excluding carboxylic acids is 1. The predicted molar refractivity (Wildman–Crippen MR) is 50.7 cm³/mol. The van der Waals surface area contributed by atoms with Gasteiger partial charge in [0.2, 0.25) is 0 Å². The standard InChI is InChI=1S/C10H9ClO2/c11-10-7(6-12)3-4-9-8(10)2-1-5-13-9/h3-4,6H,1-2,5H2. The number of benzene rings is 1. The molecule has 0 saturated carbocycles. The number of ether oxygens (including phenoxy) is 1. The van der Waals surface area contributed by atoms with Crippen molar-refractivity contribution in [1.29, 1.82) is 0 Å². The van der Waals surface area contributed by atoms with Crippen molar-refractivity contribution >= 4 is 17.9 Å². The Kier molecular flexibility index (Phi) is 2.23. The number of hydrogen-bond donors (Lipinski definition) is 0. The van der Waals surface area contributed by atoms with Crippen molar-refractivity contribution < 1.29 is 9.53 Å². The van der Waals surface area contributed by atoms with Crippen molar-refractivity contribution in [2.24, 2.45) is 0 Å². The Labute approximate surface area is 81.5 Å². The van der Waals surface area contributed by atoms with Gasteiger partial charge in [-0.25, -0.2) is 0 Å². The van der Waals surface area contributed by atoms with E-state index in [1.54, 1.807) is 6.07 Å². The number of carbonyl (C=O) groups is 1. The molecular weight excluding hydrogens is 188 g/mol. The van der Waals surface area contributed by atoms with Crippen LogP contribution >= 0.6 is 11.6 Å². The van der Waals surface area contributed by atoms with E-state index in [4.69, 9.17) is 16.3 Å². The number of rotatable bonds is 1. The maximum Gasteiger partial charge on any atom is 0.151 e. The molecule has 0 amide bonds. The predicted octanol–water partition coefficient (Wildman–Crippen LogP) is 2.48. The minimum Gasteiger partial charge on any atom is -0.493 e. The first-order chi connectivity index (χ1) is 6.33. The maximum atomic E-state index is 10.6.